The molecule has 0 fully saturated rings. The number of rotatable bonds is 6. The molecular weight excluding hydrogens is 236 g/mol. The number of carboxylic acids is 1. The number of carbonyl (C=O) groups excluding carboxylic acids is 1. The maximum absolute atomic E-state index is 10.9. The summed E-state index contributed by atoms with van der Waals surface area (Å²) in [7, 11) is 0. The van der Waals surface area contributed by atoms with Gasteiger partial charge in [0.2, 0.25) is 0 Å². The molecule has 0 spiro atoms. The predicted molar refractivity (Wildman–Crippen MR) is 64.8 cm³/mol. The highest BCUT2D eigenvalue weighted by atomic mass is 16.6. The van der Waals surface area contributed by atoms with Crippen LogP contribution in [-0.2, 0) is 9.53 Å². The minimum absolute atomic E-state index is 0.0395. The molecule has 0 saturated heterocycles. The number of hydrogen-bond donors (Lipinski definition) is 1. The van der Waals surface area contributed by atoms with Crippen LogP contribution in [0.5, 0.6) is 5.75 Å². The van der Waals surface area contributed by atoms with E-state index in [4.69, 9.17) is 14.6 Å². The SMILES string of the molecule is C=CC(=O)OCCOc1cc(C)ccc1C(=O)O. The molecule has 0 atom stereocenters. The number of aryl methyl sites for hydroxylation is 1. The Bertz CT molecular complexity index is 464. The number of benzene rings is 1. The van der Waals surface area contributed by atoms with Crippen LogP contribution in [0.1, 0.15) is 15.9 Å². The molecule has 0 aliphatic heterocycles. The highest BCUT2D eigenvalue weighted by Crippen LogP contribution is 2.20. The Balaban J connectivity index is 2.60. The molecule has 0 aliphatic rings. The van der Waals surface area contributed by atoms with Crippen LogP contribution in [-0.4, -0.2) is 30.3 Å². The molecule has 0 bridgehead atoms. The molecule has 96 valence electrons. The molecule has 0 aliphatic carbocycles. The summed E-state index contributed by atoms with van der Waals surface area (Å²) in [6, 6.07) is 4.79. The van der Waals surface area contributed by atoms with E-state index in [9.17, 15) is 9.59 Å². The van der Waals surface area contributed by atoms with E-state index < -0.39 is 11.9 Å². The summed E-state index contributed by atoms with van der Waals surface area (Å²) < 4.78 is 10.00. The summed E-state index contributed by atoms with van der Waals surface area (Å²) in [4.78, 5) is 21.7. The summed E-state index contributed by atoms with van der Waals surface area (Å²) in [5, 5.41) is 8.96. The number of esters is 1. The molecule has 18 heavy (non-hydrogen) atoms. The van der Waals surface area contributed by atoms with Gasteiger partial charge in [0.15, 0.2) is 0 Å². The van der Waals surface area contributed by atoms with Gasteiger partial charge in [-0.1, -0.05) is 12.6 Å². The van der Waals surface area contributed by atoms with E-state index in [0.29, 0.717) is 0 Å². The van der Waals surface area contributed by atoms with Gasteiger partial charge in [0.05, 0.1) is 0 Å². The Morgan fingerprint density at radius 1 is 1.39 bits per heavy atom. The van der Waals surface area contributed by atoms with Crippen LogP contribution < -0.4 is 4.74 Å². The van der Waals surface area contributed by atoms with Gasteiger partial charge in [-0.3, -0.25) is 0 Å². The van der Waals surface area contributed by atoms with Crippen LogP contribution in [0, 0.1) is 6.92 Å². The van der Waals surface area contributed by atoms with Crippen LogP contribution in [0.3, 0.4) is 0 Å². The van der Waals surface area contributed by atoms with Crippen LogP contribution in [0.15, 0.2) is 30.9 Å². The zero-order chi connectivity index (χ0) is 13.5. The molecule has 1 aromatic rings. The first-order valence-electron chi connectivity index (χ1n) is 5.30. The van der Waals surface area contributed by atoms with E-state index in [0.717, 1.165) is 11.6 Å². The lowest BCUT2D eigenvalue weighted by Crippen LogP contribution is -2.12. The van der Waals surface area contributed by atoms with Crippen molar-refractivity contribution in [3.63, 3.8) is 0 Å². The standard InChI is InChI=1S/C13H14O5/c1-3-12(14)18-7-6-17-11-8-9(2)4-5-10(11)13(15)16/h3-5,8H,1,6-7H2,2H3,(H,15,16). The summed E-state index contributed by atoms with van der Waals surface area (Å²) in [6.45, 7) is 5.21. The topological polar surface area (TPSA) is 72.8 Å². The molecular formula is C13H14O5. The molecule has 5 heteroatoms. The van der Waals surface area contributed by atoms with Crippen molar-refractivity contribution in [3.05, 3.63) is 42.0 Å². The quantitative estimate of drug-likeness (QED) is 0.473. The van der Waals surface area contributed by atoms with Crippen molar-refractivity contribution in [1.82, 2.24) is 0 Å². The molecule has 1 N–H and O–H groups in total. The van der Waals surface area contributed by atoms with E-state index in [-0.39, 0.29) is 24.5 Å². The summed E-state index contributed by atoms with van der Waals surface area (Å²) in [5.41, 5.74) is 0.966. The Morgan fingerprint density at radius 2 is 2.11 bits per heavy atom. The van der Waals surface area contributed by atoms with Gasteiger partial charge in [0.25, 0.3) is 0 Å². The number of hydrogen-bond acceptors (Lipinski definition) is 4. The highest BCUT2D eigenvalue weighted by Gasteiger charge is 2.11. The van der Waals surface area contributed by atoms with Crippen molar-refractivity contribution >= 4 is 11.9 Å². The van der Waals surface area contributed by atoms with E-state index >= 15 is 0 Å². The van der Waals surface area contributed by atoms with Crippen LogP contribution in [0.25, 0.3) is 0 Å². The lowest BCUT2D eigenvalue weighted by Gasteiger charge is -2.09. The molecule has 1 aromatic carbocycles. The van der Waals surface area contributed by atoms with Gasteiger partial charge < -0.3 is 14.6 Å². The third-order valence-corrected chi connectivity index (χ3v) is 2.12. The average molecular weight is 250 g/mol. The van der Waals surface area contributed by atoms with Gasteiger partial charge in [-0.25, -0.2) is 9.59 Å². The van der Waals surface area contributed by atoms with Crippen molar-refractivity contribution in [2.24, 2.45) is 0 Å². The third-order valence-electron chi connectivity index (χ3n) is 2.12. The molecule has 5 nitrogen and oxygen atoms in total. The average Bonchev–Trinajstić information content (AvgIpc) is 2.34. The van der Waals surface area contributed by atoms with Crippen molar-refractivity contribution < 1.29 is 24.2 Å². The number of ether oxygens (including phenoxy) is 2. The fourth-order valence-electron chi connectivity index (χ4n) is 1.28. The Labute approximate surface area is 105 Å². The lowest BCUT2D eigenvalue weighted by atomic mass is 10.1. The van der Waals surface area contributed by atoms with E-state index in [2.05, 4.69) is 6.58 Å². The monoisotopic (exact) mass is 250 g/mol. The second kappa shape index (κ2) is 6.44. The Morgan fingerprint density at radius 3 is 2.72 bits per heavy atom. The van der Waals surface area contributed by atoms with Gasteiger partial charge in [0, 0.05) is 6.08 Å². The van der Waals surface area contributed by atoms with Crippen molar-refractivity contribution in [1.29, 1.82) is 0 Å². The smallest absolute Gasteiger partial charge is 0.339 e. The second-order valence-electron chi connectivity index (χ2n) is 3.52. The normalized spacial score (nSPS) is 9.61. The number of carbonyl (C=O) groups is 2. The molecule has 0 radical (unpaired) electrons. The van der Waals surface area contributed by atoms with Crippen LogP contribution in [0.2, 0.25) is 0 Å². The van der Waals surface area contributed by atoms with Crippen LogP contribution in [0.4, 0.5) is 0 Å². The summed E-state index contributed by atoms with van der Waals surface area (Å²) in [6.07, 6.45) is 1.05. The molecule has 0 amide bonds. The van der Waals surface area contributed by atoms with E-state index in [1.807, 2.05) is 6.92 Å². The predicted octanol–water partition coefficient (Wildman–Crippen LogP) is 1.80. The molecule has 0 unspecified atom stereocenters. The largest absolute Gasteiger partial charge is 0.489 e. The van der Waals surface area contributed by atoms with Crippen LogP contribution >= 0.6 is 0 Å². The second-order valence-corrected chi connectivity index (χ2v) is 3.52. The molecule has 0 heterocycles. The van der Waals surface area contributed by atoms with Gasteiger partial charge in [-0.15, -0.1) is 0 Å². The van der Waals surface area contributed by atoms with Gasteiger partial charge in [-0.05, 0) is 24.6 Å². The number of carboxylic acid groups (broad SMARTS) is 1. The van der Waals surface area contributed by atoms with E-state index in [1.54, 1.807) is 12.1 Å². The highest BCUT2D eigenvalue weighted by molar-refractivity contribution is 5.91. The van der Waals surface area contributed by atoms with Crippen molar-refractivity contribution in [2.75, 3.05) is 13.2 Å². The minimum Gasteiger partial charge on any atom is -0.489 e. The zero-order valence-electron chi connectivity index (χ0n) is 10.0. The Kier molecular flexibility index (Phi) is 4.92. The molecule has 0 aromatic heterocycles. The molecule has 0 saturated carbocycles. The number of aromatic carboxylic acids is 1. The lowest BCUT2D eigenvalue weighted by molar-refractivity contribution is -0.138. The summed E-state index contributed by atoms with van der Waals surface area (Å²) in [5.74, 6) is -1.34. The maximum atomic E-state index is 10.9. The first-order chi connectivity index (χ1) is 8.54. The third kappa shape index (κ3) is 3.93. The van der Waals surface area contributed by atoms with Crippen molar-refractivity contribution in [2.45, 2.75) is 6.92 Å². The molecule has 1 rings (SSSR count). The minimum atomic E-state index is -1.06. The summed E-state index contributed by atoms with van der Waals surface area (Å²) >= 11 is 0. The Hall–Kier alpha value is -2.30. The van der Waals surface area contributed by atoms with Gasteiger partial charge in [0.1, 0.15) is 24.5 Å². The zero-order valence-corrected chi connectivity index (χ0v) is 10.0. The van der Waals surface area contributed by atoms with E-state index in [1.165, 1.54) is 6.07 Å². The van der Waals surface area contributed by atoms with Gasteiger partial charge in [-0.2, -0.15) is 0 Å². The fraction of sp³-hybridized carbons (Fsp3) is 0.231. The van der Waals surface area contributed by atoms with Crippen molar-refractivity contribution in [3.8, 4) is 5.75 Å². The van der Waals surface area contributed by atoms with Gasteiger partial charge >= 0.3 is 11.9 Å². The first-order valence-corrected chi connectivity index (χ1v) is 5.30. The maximum Gasteiger partial charge on any atom is 0.339 e. The first kappa shape index (κ1) is 13.8. The fourth-order valence-corrected chi connectivity index (χ4v) is 1.28.